The average molecular weight is 664 g/mol. The SMILES string of the molecule is CC(C)(C)OC(=O)CC(C(=O)NCc1cccc(C(F)(F)F)c1)N1C(=O)C(N2C(=O)OC[C@H]2c2ccccc2)C1C=Cc1ccccc1. The fourth-order valence-corrected chi connectivity index (χ4v) is 5.83. The van der Waals surface area contributed by atoms with Crippen molar-refractivity contribution in [1.29, 1.82) is 0 Å². The number of rotatable bonds is 10. The summed E-state index contributed by atoms with van der Waals surface area (Å²) in [5, 5.41) is 2.60. The lowest BCUT2D eigenvalue weighted by Gasteiger charge is -2.52. The van der Waals surface area contributed by atoms with Gasteiger partial charge in [-0.05, 0) is 49.6 Å². The smallest absolute Gasteiger partial charge is 0.416 e. The molecule has 0 aromatic heterocycles. The highest BCUT2D eigenvalue weighted by Crippen LogP contribution is 2.39. The van der Waals surface area contributed by atoms with Gasteiger partial charge in [0.2, 0.25) is 11.8 Å². The highest BCUT2D eigenvalue weighted by atomic mass is 19.4. The van der Waals surface area contributed by atoms with Crippen molar-refractivity contribution in [2.75, 3.05) is 6.61 Å². The number of alkyl halides is 3. The van der Waals surface area contributed by atoms with Gasteiger partial charge in [0.15, 0.2) is 0 Å². The molecule has 0 aliphatic carbocycles. The van der Waals surface area contributed by atoms with E-state index in [1.807, 2.05) is 60.7 Å². The van der Waals surface area contributed by atoms with Crippen LogP contribution in [0, 0.1) is 0 Å². The molecule has 2 saturated heterocycles. The number of carbonyl (C=O) groups excluding carboxylic acids is 4. The lowest BCUT2D eigenvalue weighted by atomic mass is 9.87. The van der Waals surface area contributed by atoms with E-state index in [-0.39, 0.29) is 18.7 Å². The van der Waals surface area contributed by atoms with Crippen molar-refractivity contribution in [3.8, 4) is 0 Å². The molecule has 3 aromatic rings. The lowest BCUT2D eigenvalue weighted by molar-refractivity contribution is -0.168. The number of hydrogen-bond acceptors (Lipinski definition) is 6. The largest absolute Gasteiger partial charge is 0.460 e. The third-order valence-electron chi connectivity index (χ3n) is 7.97. The molecule has 0 saturated carbocycles. The average Bonchev–Trinajstić information content (AvgIpc) is 3.41. The molecule has 2 aliphatic heterocycles. The second-order valence-electron chi connectivity index (χ2n) is 12.6. The third kappa shape index (κ3) is 7.87. The van der Waals surface area contributed by atoms with E-state index in [1.165, 1.54) is 21.9 Å². The number of likely N-dealkylation sites (tertiary alicyclic amines) is 1. The van der Waals surface area contributed by atoms with Gasteiger partial charge in [-0.25, -0.2) is 4.79 Å². The van der Waals surface area contributed by atoms with Gasteiger partial charge in [0, 0.05) is 6.54 Å². The molecule has 252 valence electrons. The van der Waals surface area contributed by atoms with Gasteiger partial charge >= 0.3 is 18.2 Å². The van der Waals surface area contributed by atoms with Gasteiger partial charge in [0.25, 0.3) is 0 Å². The van der Waals surface area contributed by atoms with E-state index >= 15 is 0 Å². The molecule has 3 amide bonds. The number of amides is 3. The number of halogens is 3. The molecule has 0 bridgehead atoms. The maximum Gasteiger partial charge on any atom is 0.416 e. The van der Waals surface area contributed by atoms with Crippen molar-refractivity contribution >= 4 is 30.0 Å². The number of β-lactam (4-membered cyclic amide) rings is 1. The molecule has 3 unspecified atom stereocenters. The van der Waals surface area contributed by atoms with E-state index in [2.05, 4.69) is 5.32 Å². The second kappa shape index (κ2) is 13.9. The van der Waals surface area contributed by atoms with E-state index in [4.69, 9.17) is 9.47 Å². The number of cyclic esters (lactones) is 1. The first-order valence-corrected chi connectivity index (χ1v) is 15.4. The summed E-state index contributed by atoms with van der Waals surface area (Å²) in [6.45, 7) is 4.70. The molecule has 4 atom stereocenters. The number of hydrogen-bond donors (Lipinski definition) is 1. The highest BCUT2D eigenvalue weighted by molar-refractivity contribution is 5.99. The van der Waals surface area contributed by atoms with Crippen LogP contribution in [-0.2, 0) is 36.6 Å². The summed E-state index contributed by atoms with van der Waals surface area (Å²) in [5.41, 5.74) is -0.0572. The lowest BCUT2D eigenvalue weighted by Crippen LogP contribution is -2.74. The predicted octanol–water partition coefficient (Wildman–Crippen LogP) is 5.91. The molecule has 9 nitrogen and oxygen atoms in total. The first-order chi connectivity index (χ1) is 22.7. The molecule has 48 heavy (non-hydrogen) atoms. The Morgan fingerprint density at radius 1 is 0.979 bits per heavy atom. The zero-order valence-corrected chi connectivity index (χ0v) is 26.6. The molecule has 2 aliphatic rings. The number of ether oxygens (including phenoxy) is 2. The summed E-state index contributed by atoms with van der Waals surface area (Å²) in [7, 11) is 0. The summed E-state index contributed by atoms with van der Waals surface area (Å²) in [5.74, 6) is -2.13. The van der Waals surface area contributed by atoms with Crippen LogP contribution in [-0.4, -0.2) is 64.0 Å². The third-order valence-corrected chi connectivity index (χ3v) is 7.97. The number of benzene rings is 3. The maximum absolute atomic E-state index is 14.1. The Balaban J connectivity index is 1.48. The van der Waals surface area contributed by atoms with Gasteiger partial charge in [0.05, 0.1) is 24.1 Å². The summed E-state index contributed by atoms with van der Waals surface area (Å²) in [4.78, 5) is 56.8. The monoisotopic (exact) mass is 663 g/mol. The molecule has 2 heterocycles. The number of nitrogens with zero attached hydrogens (tertiary/aromatic N) is 2. The van der Waals surface area contributed by atoms with Crippen LogP contribution in [0.25, 0.3) is 6.08 Å². The molecule has 1 N–H and O–H groups in total. The Labute approximate surface area is 276 Å². The van der Waals surface area contributed by atoms with E-state index in [0.717, 1.165) is 23.3 Å². The van der Waals surface area contributed by atoms with E-state index in [9.17, 15) is 32.3 Å². The van der Waals surface area contributed by atoms with Crippen LogP contribution in [0.3, 0.4) is 0 Å². The van der Waals surface area contributed by atoms with Crippen molar-refractivity contribution in [3.63, 3.8) is 0 Å². The van der Waals surface area contributed by atoms with E-state index in [0.29, 0.717) is 0 Å². The van der Waals surface area contributed by atoms with Crippen LogP contribution in [0.5, 0.6) is 0 Å². The fourth-order valence-electron chi connectivity index (χ4n) is 5.83. The topological polar surface area (TPSA) is 105 Å². The zero-order valence-electron chi connectivity index (χ0n) is 26.6. The van der Waals surface area contributed by atoms with E-state index < -0.39 is 71.8 Å². The first kappa shape index (κ1) is 34.2. The minimum Gasteiger partial charge on any atom is -0.460 e. The van der Waals surface area contributed by atoms with Crippen molar-refractivity contribution < 1.29 is 41.8 Å². The Morgan fingerprint density at radius 3 is 2.29 bits per heavy atom. The second-order valence-corrected chi connectivity index (χ2v) is 12.6. The van der Waals surface area contributed by atoms with Crippen LogP contribution in [0.15, 0.2) is 91.0 Å². The number of carbonyl (C=O) groups is 4. The first-order valence-electron chi connectivity index (χ1n) is 15.4. The fraction of sp³-hybridized carbons (Fsp3) is 0.333. The number of esters is 1. The van der Waals surface area contributed by atoms with Crippen LogP contribution in [0.4, 0.5) is 18.0 Å². The van der Waals surface area contributed by atoms with Gasteiger partial charge in [-0.15, -0.1) is 0 Å². The van der Waals surface area contributed by atoms with Crippen LogP contribution >= 0.6 is 0 Å². The quantitative estimate of drug-likeness (QED) is 0.214. The molecule has 0 spiro atoms. The Morgan fingerprint density at radius 2 is 1.65 bits per heavy atom. The Kier molecular flexibility index (Phi) is 9.92. The van der Waals surface area contributed by atoms with Crippen molar-refractivity contribution in [3.05, 3.63) is 113 Å². The molecule has 12 heteroatoms. The molecular formula is C36H36F3N3O6. The molecular weight excluding hydrogens is 627 g/mol. The minimum atomic E-state index is -4.58. The van der Waals surface area contributed by atoms with Gasteiger partial charge in [-0.1, -0.05) is 84.9 Å². The molecule has 5 rings (SSSR count). The summed E-state index contributed by atoms with van der Waals surface area (Å²) in [6, 6.07) is 18.8. The summed E-state index contributed by atoms with van der Waals surface area (Å²) in [6.07, 6.45) is -2.37. The minimum absolute atomic E-state index is 0.0144. The van der Waals surface area contributed by atoms with Gasteiger partial charge in [0.1, 0.15) is 24.3 Å². The normalized spacial score (nSPS) is 20.3. The van der Waals surface area contributed by atoms with Gasteiger partial charge in [-0.3, -0.25) is 19.3 Å². The molecule has 3 aromatic carbocycles. The van der Waals surface area contributed by atoms with Crippen molar-refractivity contribution in [1.82, 2.24) is 15.1 Å². The van der Waals surface area contributed by atoms with Gasteiger partial charge in [-0.2, -0.15) is 13.2 Å². The maximum atomic E-state index is 14.1. The standard InChI is InChI=1S/C36H36F3N3O6/c1-35(2,3)48-30(43)20-28(32(44)40-21-24-13-10-16-26(19-24)36(37,38)39)41-27(18-17-23-11-6-4-7-12-23)31(33(41)45)42-29(22-47-34(42)46)25-14-8-5-9-15-25/h4-19,27-29,31H,20-22H2,1-3H3,(H,40,44)/t27?,28?,29-,31?/m0/s1. The molecule has 0 radical (unpaired) electrons. The Hall–Kier alpha value is -5.13. The van der Waals surface area contributed by atoms with E-state index in [1.54, 1.807) is 32.9 Å². The van der Waals surface area contributed by atoms with Crippen molar-refractivity contribution in [2.24, 2.45) is 0 Å². The van der Waals surface area contributed by atoms with Crippen molar-refractivity contribution in [2.45, 2.75) is 69.7 Å². The summed E-state index contributed by atoms with van der Waals surface area (Å²) >= 11 is 0. The Bertz CT molecular complexity index is 1670. The van der Waals surface area contributed by atoms with Crippen LogP contribution < -0.4 is 5.32 Å². The summed E-state index contributed by atoms with van der Waals surface area (Å²) < 4.78 is 50.8. The zero-order chi connectivity index (χ0) is 34.6. The van der Waals surface area contributed by atoms with Crippen LogP contribution in [0.1, 0.15) is 55.5 Å². The highest BCUT2D eigenvalue weighted by Gasteiger charge is 2.58. The molecule has 2 fully saturated rings. The predicted molar refractivity (Wildman–Crippen MR) is 170 cm³/mol. The van der Waals surface area contributed by atoms with Crippen LogP contribution in [0.2, 0.25) is 0 Å². The number of nitrogens with one attached hydrogen (secondary N) is 1. The van der Waals surface area contributed by atoms with Gasteiger partial charge < -0.3 is 19.7 Å².